The van der Waals surface area contributed by atoms with Crippen LogP contribution in [0.4, 0.5) is 0 Å². The smallest absolute Gasteiger partial charge is 0.220 e. The Balaban J connectivity index is 2.22. The van der Waals surface area contributed by atoms with Crippen molar-refractivity contribution in [3.05, 3.63) is 42.1 Å². The molecule has 0 aliphatic heterocycles. The highest BCUT2D eigenvalue weighted by Crippen LogP contribution is 2.19. The fourth-order valence-corrected chi connectivity index (χ4v) is 1.88. The average Bonchev–Trinajstić information content (AvgIpc) is 2.76. The second-order valence-electron chi connectivity index (χ2n) is 4.58. The number of carbonyl (C=O) groups excluding carboxylic acids is 1. The van der Waals surface area contributed by atoms with Crippen molar-refractivity contribution in [3.63, 3.8) is 0 Å². The van der Waals surface area contributed by atoms with E-state index in [0.29, 0.717) is 6.42 Å². The lowest BCUT2D eigenvalue weighted by Gasteiger charge is -2.08. The molecule has 1 aromatic heterocycles. The predicted octanol–water partition coefficient (Wildman–Crippen LogP) is 1.75. The van der Waals surface area contributed by atoms with Crippen molar-refractivity contribution < 1.29 is 4.79 Å². The number of amides is 1. The van der Waals surface area contributed by atoms with Crippen LogP contribution in [0.2, 0.25) is 0 Å². The Labute approximate surface area is 106 Å². The highest BCUT2D eigenvalue weighted by atomic mass is 16.1. The molecule has 4 nitrogen and oxygen atoms in total. The topological polar surface area (TPSA) is 60.9 Å². The molecule has 0 aliphatic rings. The van der Waals surface area contributed by atoms with E-state index in [9.17, 15) is 4.79 Å². The molecule has 1 aromatic carbocycles. The molecular weight excluding hydrogens is 226 g/mol. The van der Waals surface area contributed by atoms with Crippen molar-refractivity contribution >= 4 is 5.91 Å². The molecule has 0 radical (unpaired) electrons. The maximum absolute atomic E-state index is 11.1. The van der Waals surface area contributed by atoms with Crippen LogP contribution < -0.4 is 5.73 Å². The Bertz CT molecular complexity index is 560. The zero-order valence-corrected chi connectivity index (χ0v) is 10.6. The summed E-state index contributed by atoms with van der Waals surface area (Å²) in [7, 11) is 1.89. The van der Waals surface area contributed by atoms with E-state index in [-0.39, 0.29) is 11.8 Å². The standard InChI is InChI=1S/C14H17N3O/c1-10(14(15)18)8-11-4-3-5-12(9-11)13-6-7-17(2)16-13/h3-7,9-10H,8H2,1-2H3,(H2,15,18). The molecule has 0 bridgehead atoms. The number of hydrogen-bond acceptors (Lipinski definition) is 2. The third kappa shape index (κ3) is 2.77. The van der Waals surface area contributed by atoms with Crippen LogP contribution in [-0.2, 0) is 18.3 Å². The van der Waals surface area contributed by atoms with Gasteiger partial charge in [0.25, 0.3) is 0 Å². The average molecular weight is 243 g/mol. The number of hydrogen-bond donors (Lipinski definition) is 1. The van der Waals surface area contributed by atoms with Gasteiger partial charge in [0.05, 0.1) is 5.69 Å². The zero-order valence-electron chi connectivity index (χ0n) is 10.6. The molecule has 0 aliphatic carbocycles. The monoisotopic (exact) mass is 243 g/mol. The first-order chi connectivity index (χ1) is 8.56. The van der Waals surface area contributed by atoms with E-state index in [1.807, 2.05) is 44.4 Å². The summed E-state index contributed by atoms with van der Waals surface area (Å²) < 4.78 is 1.77. The van der Waals surface area contributed by atoms with Crippen molar-refractivity contribution in [3.8, 4) is 11.3 Å². The van der Waals surface area contributed by atoms with E-state index in [2.05, 4.69) is 11.2 Å². The fraction of sp³-hybridized carbons (Fsp3) is 0.286. The lowest BCUT2D eigenvalue weighted by Crippen LogP contribution is -2.22. The van der Waals surface area contributed by atoms with Crippen LogP contribution in [0.25, 0.3) is 11.3 Å². The Morgan fingerprint density at radius 2 is 2.22 bits per heavy atom. The van der Waals surface area contributed by atoms with Gasteiger partial charge < -0.3 is 5.73 Å². The molecule has 0 fully saturated rings. The van der Waals surface area contributed by atoms with E-state index < -0.39 is 0 Å². The van der Waals surface area contributed by atoms with Crippen molar-refractivity contribution in [1.29, 1.82) is 0 Å². The van der Waals surface area contributed by atoms with Gasteiger partial charge in [-0.3, -0.25) is 9.48 Å². The van der Waals surface area contributed by atoms with E-state index >= 15 is 0 Å². The maximum atomic E-state index is 11.1. The maximum Gasteiger partial charge on any atom is 0.220 e. The van der Waals surface area contributed by atoms with Gasteiger partial charge in [-0.25, -0.2) is 0 Å². The molecule has 1 amide bonds. The number of primary amides is 1. The van der Waals surface area contributed by atoms with Crippen LogP contribution in [0.5, 0.6) is 0 Å². The van der Waals surface area contributed by atoms with Gasteiger partial charge in [0.15, 0.2) is 0 Å². The molecule has 2 rings (SSSR count). The quantitative estimate of drug-likeness (QED) is 0.889. The minimum Gasteiger partial charge on any atom is -0.369 e. The largest absolute Gasteiger partial charge is 0.369 e. The summed E-state index contributed by atoms with van der Waals surface area (Å²) in [5, 5.41) is 4.36. The predicted molar refractivity (Wildman–Crippen MR) is 70.7 cm³/mol. The normalized spacial score (nSPS) is 12.3. The van der Waals surface area contributed by atoms with Crippen molar-refractivity contribution in [2.45, 2.75) is 13.3 Å². The number of benzene rings is 1. The minimum absolute atomic E-state index is 0.149. The van der Waals surface area contributed by atoms with Crippen LogP contribution in [0.15, 0.2) is 36.5 Å². The van der Waals surface area contributed by atoms with Crippen molar-refractivity contribution in [2.75, 3.05) is 0 Å². The highest BCUT2D eigenvalue weighted by Gasteiger charge is 2.10. The molecule has 18 heavy (non-hydrogen) atoms. The van der Waals surface area contributed by atoms with Crippen LogP contribution in [-0.4, -0.2) is 15.7 Å². The van der Waals surface area contributed by atoms with Gasteiger partial charge in [0, 0.05) is 24.7 Å². The Morgan fingerprint density at radius 1 is 1.44 bits per heavy atom. The van der Waals surface area contributed by atoms with E-state index in [4.69, 9.17) is 5.73 Å². The fourth-order valence-electron chi connectivity index (χ4n) is 1.88. The second kappa shape index (κ2) is 5.04. The Hall–Kier alpha value is -2.10. The number of nitrogens with two attached hydrogens (primary N) is 1. The first-order valence-corrected chi connectivity index (χ1v) is 5.94. The summed E-state index contributed by atoms with van der Waals surface area (Å²) >= 11 is 0. The molecular formula is C14H17N3O. The SMILES string of the molecule is CC(Cc1cccc(-c2ccn(C)n2)c1)C(N)=O. The number of rotatable bonds is 4. The number of aryl methyl sites for hydroxylation is 1. The summed E-state index contributed by atoms with van der Waals surface area (Å²) in [5.74, 6) is -0.415. The molecule has 2 N–H and O–H groups in total. The molecule has 94 valence electrons. The van der Waals surface area contributed by atoms with Crippen LogP contribution in [0, 0.1) is 5.92 Å². The van der Waals surface area contributed by atoms with Gasteiger partial charge in [-0.15, -0.1) is 0 Å². The number of carbonyl (C=O) groups is 1. The lowest BCUT2D eigenvalue weighted by molar-refractivity contribution is -0.121. The van der Waals surface area contributed by atoms with Gasteiger partial charge in [-0.2, -0.15) is 5.10 Å². The summed E-state index contributed by atoms with van der Waals surface area (Å²) in [6, 6.07) is 10.0. The Kier molecular flexibility index (Phi) is 3.46. The third-order valence-electron chi connectivity index (χ3n) is 2.96. The molecule has 1 heterocycles. The molecule has 4 heteroatoms. The summed E-state index contributed by atoms with van der Waals surface area (Å²) in [6.07, 6.45) is 2.57. The summed E-state index contributed by atoms with van der Waals surface area (Å²) in [5.41, 5.74) is 8.38. The van der Waals surface area contributed by atoms with E-state index in [0.717, 1.165) is 16.8 Å². The second-order valence-corrected chi connectivity index (χ2v) is 4.58. The summed E-state index contributed by atoms with van der Waals surface area (Å²) in [6.45, 7) is 1.84. The van der Waals surface area contributed by atoms with Gasteiger partial charge in [0.2, 0.25) is 5.91 Å². The van der Waals surface area contributed by atoms with Crippen LogP contribution in [0.3, 0.4) is 0 Å². The van der Waals surface area contributed by atoms with Gasteiger partial charge in [0.1, 0.15) is 0 Å². The van der Waals surface area contributed by atoms with Gasteiger partial charge >= 0.3 is 0 Å². The molecule has 1 unspecified atom stereocenters. The van der Waals surface area contributed by atoms with Crippen LogP contribution >= 0.6 is 0 Å². The molecule has 1 atom stereocenters. The summed E-state index contributed by atoms with van der Waals surface area (Å²) in [4.78, 5) is 11.1. The zero-order chi connectivity index (χ0) is 13.1. The lowest BCUT2D eigenvalue weighted by atomic mass is 9.98. The van der Waals surface area contributed by atoms with Crippen LogP contribution in [0.1, 0.15) is 12.5 Å². The highest BCUT2D eigenvalue weighted by molar-refractivity contribution is 5.76. The molecule has 2 aromatic rings. The van der Waals surface area contributed by atoms with Crippen molar-refractivity contribution in [1.82, 2.24) is 9.78 Å². The van der Waals surface area contributed by atoms with E-state index in [1.54, 1.807) is 4.68 Å². The van der Waals surface area contributed by atoms with Gasteiger partial charge in [-0.1, -0.05) is 25.1 Å². The molecule has 0 saturated carbocycles. The Morgan fingerprint density at radius 3 is 2.83 bits per heavy atom. The number of aromatic nitrogens is 2. The van der Waals surface area contributed by atoms with Gasteiger partial charge in [-0.05, 0) is 24.1 Å². The van der Waals surface area contributed by atoms with Crippen molar-refractivity contribution in [2.24, 2.45) is 18.7 Å². The first kappa shape index (κ1) is 12.4. The molecule has 0 spiro atoms. The minimum atomic E-state index is -0.266. The number of nitrogens with zero attached hydrogens (tertiary/aromatic N) is 2. The third-order valence-corrected chi connectivity index (χ3v) is 2.96. The first-order valence-electron chi connectivity index (χ1n) is 5.94. The molecule has 0 saturated heterocycles. The van der Waals surface area contributed by atoms with E-state index in [1.165, 1.54) is 0 Å².